The van der Waals surface area contributed by atoms with E-state index in [1.807, 2.05) is 49.4 Å². The highest BCUT2D eigenvalue weighted by molar-refractivity contribution is 5.55. The van der Waals surface area contributed by atoms with Crippen LogP contribution in [0.25, 0.3) is 6.08 Å². The summed E-state index contributed by atoms with van der Waals surface area (Å²) >= 11 is 0. The van der Waals surface area contributed by atoms with E-state index in [0.29, 0.717) is 0 Å². The smallest absolute Gasteiger partial charge is 0.161 e. The Morgan fingerprint density at radius 3 is 2.79 bits per heavy atom. The van der Waals surface area contributed by atoms with Gasteiger partial charge in [0.15, 0.2) is 17.3 Å². The summed E-state index contributed by atoms with van der Waals surface area (Å²) in [6.45, 7) is 4.75. The molecule has 0 fully saturated rings. The Morgan fingerprint density at radius 2 is 2.04 bits per heavy atom. The van der Waals surface area contributed by atoms with E-state index < -0.39 is 0 Å². The molecule has 0 atom stereocenters. The lowest BCUT2D eigenvalue weighted by Gasteiger charge is -2.11. The predicted molar refractivity (Wildman–Crippen MR) is 96.3 cm³/mol. The van der Waals surface area contributed by atoms with Crippen LogP contribution >= 0.6 is 0 Å². The maximum absolute atomic E-state index is 5.85. The molecule has 24 heavy (non-hydrogen) atoms. The van der Waals surface area contributed by atoms with Gasteiger partial charge in [-0.3, -0.25) is 0 Å². The number of ether oxygens (including phenoxy) is 2. The number of hydrogen-bond acceptors (Lipinski definition) is 3. The standard InChI is InChI=1S/C20H27NO3/c1-3-8-17-10-11-19(20(15-17)22-2)24-13-6-4-5-12-21-16-18-9-7-14-23-18/h3,7-11,14-15,21H,4-6,12-13,16H2,1-2H3/p+1/b8-3+. The van der Waals surface area contributed by atoms with Gasteiger partial charge in [0.1, 0.15) is 6.54 Å². The molecule has 130 valence electrons. The van der Waals surface area contributed by atoms with E-state index in [0.717, 1.165) is 55.4 Å². The third kappa shape index (κ3) is 6.13. The number of quaternary nitrogens is 1. The molecule has 0 bridgehead atoms. The SMILES string of the molecule is C/C=C/c1ccc(OCCCCC[NH2+]Cc2ccco2)c(OC)c1. The van der Waals surface area contributed by atoms with E-state index in [1.54, 1.807) is 13.4 Å². The van der Waals surface area contributed by atoms with Crippen LogP contribution in [0.3, 0.4) is 0 Å². The van der Waals surface area contributed by atoms with Crippen LogP contribution in [0.2, 0.25) is 0 Å². The third-order valence-corrected chi connectivity index (χ3v) is 3.78. The molecule has 1 heterocycles. The minimum absolute atomic E-state index is 0.720. The van der Waals surface area contributed by atoms with E-state index in [9.17, 15) is 0 Å². The van der Waals surface area contributed by atoms with Gasteiger partial charge in [0, 0.05) is 0 Å². The van der Waals surface area contributed by atoms with Crippen molar-refractivity contribution in [2.45, 2.75) is 32.7 Å². The van der Waals surface area contributed by atoms with Gasteiger partial charge in [0.2, 0.25) is 0 Å². The largest absolute Gasteiger partial charge is 0.493 e. The van der Waals surface area contributed by atoms with Crippen molar-refractivity contribution in [2.75, 3.05) is 20.3 Å². The maximum atomic E-state index is 5.85. The number of allylic oxidation sites excluding steroid dienone is 1. The molecule has 2 rings (SSSR count). The molecule has 0 aliphatic rings. The van der Waals surface area contributed by atoms with Crippen molar-refractivity contribution < 1.29 is 19.2 Å². The lowest BCUT2D eigenvalue weighted by atomic mass is 10.2. The second-order valence-corrected chi connectivity index (χ2v) is 5.68. The number of hydrogen-bond donors (Lipinski definition) is 1. The molecule has 2 aromatic rings. The molecule has 0 saturated heterocycles. The Balaban J connectivity index is 1.60. The van der Waals surface area contributed by atoms with E-state index in [-0.39, 0.29) is 0 Å². The molecule has 0 radical (unpaired) electrons. The Morgan fingerprint density at radius 1 is 1.12 bits per heavy atom. The molecular formula is C20H28NO3+. The molecule has 0 saturated carbocycles. The van der Waals surface area contributed by atoms with Crippen LogP contribution < -0.4 is 14.8 Å². The average molecular weight is 330 g/mol. The molecule has 4 nitrogen and oxygen atoms in total. The van der Waals surface area contributed by atoms with E-state index in [1.165, 1.54) is 6.42 Å². The first-order chi connectivity index (χ1) is 11.8. The van der Waals surface area contributed by atoms with Gasteiger partial charge in [-0.15, -0.1) is 0 Å². The van der Waals surface area contributed by atoms with Crippen molar-refractivity contribution >= 4 is 6.08 Å². The monoisotopic (exact) mass is 330 g/mol. The van der Waals surface area contributed by atoms with Crippen molar-refractivity contribution in [2.24, 2.45) is 0 Å². The minimum atomic E-state index is 0.720. The first-order valence-electron chi connectivity index (χ1n) is 8.61. The van der Waals surface area contributed by atoms with E-state index in [2.05, 4.69) is 5.32 Å². The van der Waals surface area contributed by atoms with Crippen molar-refractivity contribution in [3.05, 3.63) is 54.0 Å². The molecule has 0 aliphatic carbocycles. The van der Waals surface area contributed by atoms with Crippen LogP contribution in [-0.2, 0) is 6.54 Å². The van der Waals surface area contributed by atoms with Gasteiger partial charge in [-0.05, 0) is 56.0 Å². The first-order valence-corrected chi connectivity index (χ1v) is 8.61. The van der Waals surface area contributed by atoms with Crippen LogP contribution in [0, 0.1) is 0 Å². The van der Waals surface area contributed by atoms with Crippen molar-refractivity contribution in [3.8, 4) is 11.5 Å². The average Bonchev–Trinajstić information content (AvgIpc) is 3.11. The lowest BCUT2D eigenvalue weighted by molar-refractivity contribution is -0.672. The molecule has 0 aliphatic heterocycles. The Bertz CT molecular complexity index is 605. The van der Waals surface area contributed by atoms with Gasteiger partial charge in [-0.1, -0.05) is 18.2 Å². The number of benzene rings is 1. The second-order valence-electron chi connectivity index (χ2n) is 5.68. The second kappa shape index (κ2) is 10.6. The van der Waals surface area contributed by atoms with Gasteiger partial charge in [0.05, 0.1) is 26.5 Å². The highest BCUT2D eigenvalue weighted by atomic mass is 16.5. The van der Waals surface area contributed by atoms with Crippen LogP contribution in [0.5, 0.6) is 11.5 Å². The molecule has 1 aromatic heterocycles. The van der Waals surface area contributed by atoms with Crippen LogP contribution in [0.15, 0.2) is 47.1 Å². The zero-order chi connectivity index (χ0) is 17.0. The summed E-state index contributed by atoms with van der Waals surface area (Å²) in [5, 5.41) is 2.28. The fourth-order valence-electron chi connectivity index (χ4n) is 2.52. The highest BCUT2D eigenvalue weighted by Crippen LogP contribution is 2.28. The third-order valence-electron chi connectivity index (χ3n) is 3.78. The number of methoxy groups -OCH3 is 1. The number of unbranched alkanes of at least 4 members (excludes halogenated alkanes) is 2. The van der Waals surface area contributed by atoms with Crippen LogP contribution in [-0.4, -0.2) is 20.3 Å². The fraction of sp³-hybridized carbons (Fsp3) is 0.400. The molecule has 1 aromatic carbocycles. The normalized spacial score (nSPS) is 11.1. The first kappa shape index (κ1) is 18.1. The Labute approximate surface area is 144 Å². The van der Waals surface area contributed by atoms with E-state index in [4.69, 9.17) is 13.9 Å². The van der Waals surface area contributed by atoms with Gasteiger partial charge in [-0.25, -0.2) is 0 Å². The number of furan rings is 1. The zero-order valence-corrected chi connectivity index (χ0v) is 14.7. The molecule has 0 unspecified atom stereocenters. The van der Waals surface area contributed by atoms with Gasteiger partial charge in [0.25, 0.3) is 0 Å². The molecule has 0 spiro atoms. The Kier molecular flexibility index (Phi) is 7.98. The topological polar surface area (TPSA) is 48.2 Å². The highest BCUT2D eigenvalue weighted by Gasteiger charge is 2.04. The molecule has 2 N–H and O–H groups in total. The maximum Gasteiger partial charge on any atom is 0.161 e. The van der Waals surface area contributed by atoms with Gasteiger partial charge in [-0.2, -0.15) is 0 Å². The molecule has 4 heteroatoms. The quantitative estimate of drug-likeness (QED) is 0.640. The van der Waals surface area contributed by atoms with Crippen molar-refractivity contribution in [1.29, 1.82) is 0 Å². The minimum Gasteiger partial charge on any atom is -0.493 e. The summed E-state index contributed by atoms with van der Waals surface area (Å²) in [6.07, 6.45) is 9.17. The number of rotatable bonds is 11. The lowest BCUT2D eigenvalue weighted by Crippen LogP contribution is -2.82. The van der Waals surface area contributed by atoms with Crippen LogP contribution in [0.1, 0.15) is 37.5 Å². The predicted octanol–water partition coefficient (Wildman–Crippen LogP) is 3.63. The summed E-state index contributed by atoms with van der Waals surface area (Å²) in [4.78, 5) is 0. The van der Waals surface area contributed by atoms with Gasteiger partial charge >= 0.3 is 0 Å². The van der Waals surface area contributed by atoms with Crippen molar-refractivity contribution in [1.82, 2.24) is 0 Å². The fourth-order valence-corrected chi connectivity index (χ4v) is 2.52. The zero-order valence-electron chi connectivity index (χ0n) is 14.7. The summed E-state index contributed by atoms with van der Waals surface area (Å²) in [5.74, 6) is 2.64. The molecular weight excluding hydrogens is 302 g/mol. The molecule has 0 amide bonds. The summed E-state index contributed by atoms with van der Waals surface area (Å²) in [6, 6.07) is 9.96. The van der Waals surface area contributed by atoms with Crippen molar-refractivity contribution in [3.63, 3.8) is 0 Å². The van der Waals surface area contributed by atoms with E-state index >= 15 is 0 Å². The summed E-state index contributed by atoms with van der Waals surface area (Å²) in [5.41, 5.74) is 1.12. The summed E-state index contributed by atoms with van der Waals surface area (Å²) < 4.78 is 16.6. The van der Waals surface area contributed by atoms with Crippen LogP contribution in [0.4, 0.5) is 0 Å². The Hall–Kier alpha value is -2.20. The number of nitrogens with two attached hydrogens (primary N) is 1. The summed E-state index contributed by atoms with van der Waals surface area (Å²) in [7, 11) is 1.68. The van der Waals surface area contributed by atoms with Gasteiger partial charge < -0.3 is 19.2 Å².